The van der Waals surface area contributed by atoms with Crippen molar-refractivity contribution in [3.05, 3.63) is 58.5 Å². The van der Waals surface area contributed by atoms with Gasteiger partial charge in [-0.3, -0.25) is 9.69 Å². The van der Waals surface area contributed by atoms with Gasteiger partial charge in [-0.05, 0) is 67.9 Å². The van der Waals surface area contributed by atoms with E-state index in [1.165, 1.54) is 49.1 Å². The number of likely N-dealkylation sites (N-methyl/N-ethyl adjacent to an activating group) is 1. The van der Waals surface area contributed by atoms with Gasteiger partial charge in [0.1, 0.15) is 0 Å². The van der Waals surface area contributed by atoms with Crippen molar-refractivity contribution in [3.8, 4) is 11.5 Å². The summed E-state index contributed by atoms with van der Waals surface area (Å²) in [5, 5.41) is 0.147. The Morgan fingerprint density at radius 1 is 0.947 bits per heavy atom. The lowest BCUT2D eigenvalue weighted by Gasteiger charge is -2.12. The fourth-order valence-electron chi connectivity index (χ4n) is 4.01. The zero-order valence-electron chi connectivity index (χ0n) is 22.7. The SMILES string of the molecule is CCCCCCCCCOc1cc(C=C2SC(=NS(=O)(=O)c3ccc(C)cc3)N(CC)C2=O)ccc1OC. The van der Waals surface area contributed by atoms with Crippen molar-refractivity contribution in [3.63, 3.8) is 0 Å². The van der Waals surface area contributed by atoms with Crippen molar-refractivity contribution in [1.82, 2.24) is 4.90 Å². The first-order chi connectivity index (χ1) is 18.3. The third-order valence-electron chi connectivity index (χ3n) is 6.21. The Morgan fingerprint density at radius 3 is 2.29 bits per heavy atom. The molecule has 1 aliphatic heterocycles. The number of thioether (sulfide) groups is 1. The van der Waals surface area contributed by atoms with Crippen LogP contribution in [0.2, 0.25) is 0 Å². The monoisotopic (exact) mass is 558 g/mol. The first kappa shape index (κ1) is 29.8. The van der Waals surface area contributed by atoms with Gasteiger partial charge in [0.2, 0.25) is 0 Å². The fraction of sp³-hybridized carbons (Fsp3) is 0.448. The predicted molar refractivity (Wildman–Crippen MR) is 155 cm³/mol. The molecule has 0 radical (unpaired) electrons. The molecule has 1 amide bonds. The zero-order chi connectivity index (χ0) is 27.5. The van der Waals surface area contributed by atoms with Crippen molar-refractivity contribution >= 4 is 38.9 Å². The molecule has 0 unspecified atom stereocenters. The van der Waals surface area contributed by atoms with Gasteiger partial charge >= 0.3 is 0 Å². The van der Waals surface area contributed by atoms with Crippen molar-refractivity contribution < 1.29 is 22.7 Å². The van der Waals surface area contributed by atoms with E-state index in [1.807, 2.05) is 25.1 Å². The van der Waals surface area contributed by atoms with Crippen LogP contribution in [0, 0.1) is 6.92 Å². The molecule has 1 aliphatic rings. The van der Waals surface area contributed by atoms with Crippen LogP contribution in [0.5, 0.6) is 11.5 Å². The second kappa shape index (κ2) is 14.4. The largest absolute Gasteiger partial charge is 0.493 e. The van der Waals surface area contributed by atoms with Crippen molar-refractivity contribution in [1.29, 1.82) is 0 Å². The van der Waals surface area contributed by atoms with E-state index in [2.05, 4.69) is 11.3 Å². The quantitative estimate of drug-likeness (QED) is 0.187. The smallest absolute Gasteiger partial charge is 0.284 e. The summed E-state index contributed by atoms with van der Waals surface area (Å²) in [7, 11) is -2.35. The molecule has 0 spiro atoms. The van der Waals surface area contributed by atoms with Crippen LogP contribution in [0.25, 0.3) is 6.08 Å². The second-order valence-corrected chi connectivity index (χ2v) is 11.8. The molecule has 0 aliphatic carbocycles. The fourth-order valence-corrected chi connectivity index (χ4v) is 6.25. The van der Waals surface area contributed by atoms with E-state index in [9.17, 15) is 13.2 Å². The van der Waals surface area contributed by atoms with E-state index >= 15 is 0 Å². The van der Waals surface area contributed by atoms with Gasteiger partial charge in [-0.2, -0.15) is 8.42 Å². The number of ether oxygens (including phenoxy) is 2. The lowest BCUT2D eigenvalue weighted by molar-refractivity contribution is -0.122. The molecule has 0 atom stereocenters. The Hall–Kier alpha value is -2.78. The molecule has 0 saturated carbocycles. The number of amidine groups is 1. The molecule has 2 aromatic carbocycles. The third-order valence-corrected chi connectivity index (χ3v) is 8.62. The molecule has 206 valence electrons. The minimum atomic E-state index is -3.95. The number of carbonyl (C=O) groups is 1. The molecule has 2 aromatic rings. The van der Waals surface area contributed by atoms with E-state index in [1.54, 1.807) is 32.2 Å². The minimum absolute atomic E-state index is 0.0926. The summed E-state index contributed by atoms with van der Waals surface area (Å²) in [6.07, 6.45) is 10.1. The van der Waals surface area contributed by atoms with Gasteiger partial charge in [-0.25, -0.2) is 0 Å². The Labute approximate surface area is 231 Å². The van der Waals surface area contributed by atoms with E-state index in [0.29, 0.717) is 29.6 Å². The molecule has 1 heterocycles. The number of sulfonamides is 1. The number of nitrogens with zero attached hydrogens (tertiary/aromatic N) is 2. The maximum absolute atomic E-state index is 13.1. The van der Waals surface area contributed by atoms with Gasteiger partial charge in [-0.1, -0.05) is 69.2 Å². The number of rotatable bonds is 14. The van der Waals surface area contributed by atoms with E-state index in [-0.39, 0.29) is 16.0 Å². The Balaban J connectivity index is 1.73. The molecule has 3 rings (SSSR count). The molecule has 1 saturated heterocycles. The van der Waals surface area contributed by atoms with E-state index < -0.39 is 10.0 Å². The average molecular weight is 559 g/mol. The van der Waals surface area contributed by atoms with Crippen LogP contribution in [0.4, 0.5) is 0 Å². The topological polar surface area (TPSA) is 85.3 Å². The summed E-state index contributed by atoms with van der Waals surface area (Å²) in [6.45, 7) is 6.79. The Morgan fingerprint density at radius 2 is 1.63 bits per heavy atom. The van der Waals surface area contributed by atoms with Crippen LogP contribution in [0.3, 0.4) is 0 Å². The lowest BCUT2D eigenvalue weighted by atomic mass is 10.1. The maximum atomic E-state index is 13.1. The Kier molecular flexibility index (Phi) is 11.3. The molecule has 0 bridgehead atoms. The van der Waals surface area contributed by atoms with Crippen LogP contribution in [0.15, 0.2) is 56.7 Å². The highest BCUT2D eigenvalue weighted by molar-refractivity contribution is 8.19. The summed E-state index contributed by atoms with van der Waals surface area (Å²) >= 11 is 1.06. The molecule has 38 heavy (non-hydrogen) atoms. The van der Waals surface area contributed by atoms with E-state index in [0.717, 1.165) is 35.7 Å². The number of amides is 1. The van der Waals surface area contributed by atoms with Gasteiger partial charge in [0.05, 0.1) is 23.5 Å². The Bertz CT molecular complexity index is 1250. The summed E-state index contributed by atoms with van der Waals surface area (Å²) in [5.74, 6) is 0.963. The number of methoxy groups -OCH3 is 1. The molecule has 0 N–H and O–H groups in total. The van der Waals surface area contributed by atoms with Gasteiger partial charge < -0.3 is 9.47 Å². The van der Waals surface area contributed by atoms with Crippen molar-refractivity contribution in [2.24, 2.45) is 4.40 Å². The molecule has 7 nitrogen and oxygen atoms in total. The molecule has 9 heteroatoms. The number of unbranched alkanes of at least 4 members (excludes halogenated alkanes) is 6. The van der Waals surface area contributed by atoms with E-state index in [4.69, 9.17) is 9.47 Å². The summed E-state index contributed by atoms with van der Waals surface area (Å²) in [4.78, 5) is 14.9. The van der Waals surface area contributed by atoms with Crippen LogP contribution >= 0.6 is 11.8 Å². The summed E-state index contributed by atoms with van der Waals surface area (Å²) < 4.78 is 41.2. The summed E-state index contributed by atoms with van der Waals surface area (Å²) in [5.41, 5.74) is 1.71. The normalized spacial score (nSPS) is 16.0. The molecule has 1 fully saturated rings. The highest BCUT2D eigenvalue weighted by atomic mass is 32.2. The molecular weight excluding hydrogens is 520 g/mol. The van der Waals surface area contributed by atoms with Gasteiger partial charge in [0.25, 0.3) is 15.9 Å². The standard InChI is InChI=1S/C29H38N2O5S2/c1-5-7-8-9-10-11-12-19-36-26-20-23(15-18-25(26)35-4)21-27-28(32)31(6-2)29(37-27)30-38(33,34)24-16-13-22(3)14-17-24/h13-18,20-21H,5-12,19H2,1-4H3. The van der Waals surface area contributed by atoms with Gasteiger partial charge in [-0.15, -0.1) is 4.40 Å². The number of hydrogen-bond acceptors (Lipinski definition) is 6. The van der Waals surface area contributed by atoms with Crippen molar-refractivity contribution in [2.45, 2.75) is 70.6 Å². The van der Waals surface area contributed by atoms with Crippen LogP contribution < -0.4 is 9.47 Å². The third kappa shape index (κ3) is 8.11. The number of aryl methyl sites for hydroxylation is 1. The summed E-state index contributed by atoms with van der Waals surface area (Å²) in [6, 6.07) is 12.0. The lowest BCUT2D eigenvalue weighted by Crippen LogP contribution is -2.29. The number of carbonyl (C=O) groups excluding carboxylic acids is 1. The van der Waals surface area contributed by atoms with Gasteiger partial charge in [0, 0.05) is 6.54 Å². The van der Waals surface area contributed by atoms with Crippen LogP contribution in [-0.2, 0) is 14.8 Å². The first-order valence-corrected chi connectivity index (χ1v) is 15.5. The zero-order valence-corrected chi connectivity index (χ0v) is 24.4. The molecule has 0 aromatic heterocycles. The number of benzene rings is 2. The van der Waals surface area contributed by atoms with Gasteiger partial charge in [0.15, 0.2) is 16.7 Å². The second-order valence-electron chi connectivity index (χ2n) is 9.20. The molecular formula is C29H38N2O5S2. The number of hydrogen-bond donors (Lipinski definition) is 0. The highest BCUT2D eigenvalue weighted by Gasteiger charge is 2.34. The minimum Gasteiger partial charge on any atom is -0.493 e. The predicted octanol–water partition coefficient (Wildman–Crippen LogP) is 6.81. The van der Waals surface area contributed by atoms with Crippen LogP contribution in [0.1, 0.15) is 69.9 Å². The average Bonchev–Trinajstić information content (AvgIpc) is 3.18. The first-order valence-electron chi connectivity index (χ1n) is 13.2. The van der Waals surface area contributed by atoms with Crippen LogP contribution in [-0.4, -0.2) is 44.7 Å². The highest BCUT2D eigenvalue weighted by Crippen LogP contribution is 2.35. The van der Waals surface area contributed by atoms with Crippen molar-refractivity contribution in [2.75, 3.05) is 20.3 Å². The maximum Gasteiger partial charge on any atom is 0.284 e.